The van der Waals surface area contributed by atoms with Gasteiger partial charge in [-0.2, -0.15) is 0 Å². The van der Waals surface area contributed by atoms with Crippen LogP contribution < -0.4 is 16.0 Å². The third-order valence-corrected chi connectivity index (χ3v) is 2.60. The number of hydrogen-bond donors (Lipinski definition) is 2. The third-order valence-electron chi connectivity index (χ3n) is 2.60. The molecule has 1 aromatic carbocycles. The molecular weight excluding hydrogens is 268 g/mol. The van der Waals surface area contributed by atoms with Gasteiger partial charge in [-0.3, -0.25) is 9.63 Å². The summed E-state index contributed by atoms with van der Waals surface area (Å²) in [5.41, 5.74) is 9.13. The molecule has 5 nitrogen and oxygen atoms in total. The highest BCUT2D eigenvalue weighted by atomic mass is 16.7. The number of hydrogen-bond acceptors (Lipinski definition) is 4. The van der Waals surface area contributed by atoms with Crippen molar-refractivity contribution in [1.82, 2.24) is 5.48 Å². The maximum Gasteiger partial charge on any atom is 0.260 e. The highest BCUT2D eigenvalue weighted by Crippen LogP contribution is 2.13. The molecule has 0 saturated heterocycles. The topological polar surface area (TPSA) is 73.6 Å². The van der Waals surface area contributed by atoms with Crippen LogP contribution in [0.1, 0.15) is 26.3 Å². The van der Waals surface area contributed by atoms with Crippen molar-refractivity contribution in [1.29, 1.82) is 0 Å². The van der Waals surface area contributed by atoms with Gasteiger partial charge < -0.3 is 10.5 Å². The van der Waals surface area contributed by atoms with Crippen LogP contribution >= 0.6 is 0 Å². The molecule has 0 spiro atoms. The Hall–Kier alpha value is -2.03. The zero-order valence-electron chi connectivity index (χ0n) is 12.7. The summed E-state index contributed by atoms with van der Waals surface area (Å²) in [6.07, 6.45) is 0.353. The first-order valence-corrected chi connectivity index (χ1v) is 6.85. The van der Waals surface area contributed by atoms with Gasteiger partial charge in [-0.15, -0.1) is 5.92 Å². The highest BCUT2D eigenvalue weighted by Gasteiger charge is 2.14. The Morgan fingerprint density at radius 2 is 2.00 bits per heavy atom. The predicted octanol–water partition coefficient (Wildman–Crippen LogP) is 1.41. The summed E-state index contributed by atoms with van der Waals surface area (Å²) in [4.78, 5) is 16.7. The Kier molecular flexibility index (Phi) is 7.30. The van der Waals surface area contributed by atoms with Crippen LogP contribution in [0.2, 0.25) is 0 Å². The molecule has 0 fully saturated rings. The van der Waals surface area contributed by atoms with Gasteiger partial charge in [-0.25, -0.2) is 5.48 Å². The molecule has 0 bridgehead atoms. The van der Waals surface area contributed by atoms with Crippen LogP contribution in [0.25, 0.3) is 0 Å². The van der Waals surface area contributed by atoms with Crippen LogP contribution in [0.15, 0.2) is 24.3 Å². The summed E-state index contributed by atoms with van der Waals surface area (Å²) in [7, 11) is 0. The van der Waals surface area contributed by atoms with Crippen LogP contribution in [-0.4, -0.2) is 24.7 Å². The third kappa shape index (κ3) is 6.80. The van der Waals surface area contributed by atoms with Crippen molar-refractivity contribution in [2.75, 3.05) is 6.61 Å². The van der Waals surface area contributed by atoms with E-state index in [0.29, 0.717) is 13.0 Å². The lowest BCUT2D eigenvalue weighted by Crippen LogP contribution is -2.42. The first kappa shape index (κ1) is 17.0. The van der Waals surface area contributed by atoms with Crippen LogP contribution in [-0.2, 0) is 16.1 Å². The van der Waals surface area contributed by atoms with E-state index in [2.05, 4.69) is 17.3 Å². The van der Waals surface area contributed by atoms with E-state index in [0.717, 1.165) is 11.3 Å². The van der Waals surface area contributed by atoms with E-state index >= 15 is 0 Å². The first-order valence-electron chi connectivity index (χ1n) is 6.85. The van der Waals surface area contributed by atoms with Crippen molar-refractivity contribution < 1.29 is 14.4 Å². The number of benzene rings is 1. The van der Waals surface area contributed by atoms with E-state index in [1.165, 1.54) is 0 Å². The summed E-state index contributed by atoms with van der Waals surface area (Å²) in [6.45, 7) is 5.78. The number of nitrogens with two attached hydrogens (primary N) is 1. The predicted molar refractivity (Wildman–Crippen MR) is 81.4 cm³/mol. The normalized spacial score (nSPS) is 11.5. The summed E-state index contributed by atoms with van der Waals surface area (Å²) >= 11 is 0. The maximum absolute atomic E-state index is 11.7. The minimum absolute atomic E-state index is 0.0798. The number of amides is 1. The van der Waals surface area contributed by atoms with E-state index in [-0.39, 0.29) is 12.0 Å². The lowest BCUT2D eigenvalue weighted by atomic mass is 10.1. The molecule has 1 amide bonds. The molecule has 3 N–H and O–H groups in total. The fourth-order valence-electron chi connectivity index (χ4n) is 1.51. The molecule has 1 atom stereocenters. The Balaban J connectivity index is 2.46. The second-order valence-corrected chi connectivity index (χ2v) is 4.80. The number of hydroxylamine groups is 1. The number of ether oxygens (including phenoxy) is 1. The molecule has 114 valence electrons. The van der Waals surface area contributed by atoms with Crippen molar-refractivity contribution in [3.8, 4) is 17.6 Å². The van der Waals surface area contributed by atoms with E-state index in [4.69, 9.17) is 15.3 Å². The van der Waals surface area contributed by atoms with Crippen molar-refractivity contribution in [2.45, 2.75) is 39.3 Å². The maximum atomic E-state index is 11.7. The van der Waals surface area contributed by atoms with Gasteiger partial charge in [0.2, 0.25) is 0 Å². The molecule has 0 aromatic heterocycles. The standard InChI is InChI=1S/C16H22N2O3/c1-4-5-10-20-14-8-6-13(7-9-14)11-15(17)16(19)18-21-12(2)3/h6-9,12,15H,10-11,17H2,1-3H3,(H,18,19). The summed E-state index contributed by atoms with van der Waals surface area (Å²) < 4.78 is 5.41. The molecule has 21 heavy (non-hydrogen) atoms. The number of carbonyl (C=O) groups is 1. The lowest BCUT2D eigenvalue weighted by molar-refractivity contribution is -0.138. The van der Waals surface area contributed by atoms with Gasteiger partial charge >= 0.3 is 0 Å². The van der Waals surface area contributed by atoms with Crippen LogP contribution in [0, 0.1) is 11.8 Å². The number of nitrogens with one attached hydrogen (secondary N) is 1. The fraction of sp³-hybridized carbons (Fsp3) is 0.438. The van der Waals surface area contributed by atoms with Crippen molar-refractivity contribution in [3.05, 3.63) is 29.8 Å². The van der Waals surface area contributed by atoms with Gasteiger partial charge in [0.1, 0.15) is 12.4 Å². The largest absolute Gasteiger partial charge is 0.481 e. The molecule has 1 rings (SSSR count). The Labute approximate surface area is 125 Å². The Bertz CT molecular complexity index is 500. The zero-order valence-corrected chi connectivity index (χ0v) is 12.7. The van der Waals surface area contributed by atoms with Gasteiger partial charge in [0, 0.05) is 0 Å². The van der Waals surface area contributed by atoms with Gasteiger partial charge in [-0.05, 0) is 44.9 Å². The monoisotopic (exact) mass is 290 g/mol. The number of carbonyl (C=O) groups excluding carboxylic acids is 1. The smallest absolute Gasteiger partial charge is 0.260 e. The minimum Gasteiger partial charge on any atom is -0.481 e. The van der Waals surface area contributed by atoms with E-state index in [1.54, 1.807) is 6.92 Å². The average Bonchev–Trinajstić information content (AvgIpc) is 2.46. The van der Waals surface area contributed by atoms with Crippen LogP contribution in [0.3, 0.4) is 0 Å². The fourth-order valence-corrected chi connectivity index (χ4v) is 1.51. The molecular formula is C16H22N2O3. The van der Waals surface area contributed by atoms with Gasteiger partial charge in [0.25, 0.3) is 5.91 Å². The van der Waals surface area contributed by atoms with Gasteiger partial charge in [-0.1, -0.05) is 18.1 Å². The SMILES string of the molecule is CC#CCOc1ccc(CC(N)C(=O)NOC(C)C)cc1. The summed E-state index contributed by atoms with van der Waals surface area (Å²) in [6, 6.07) is 6.78. The molecule has 1 aromatic rings. The second kappa shape index (κ2) is 9.01. The summed E-state index contributed by atoms with van der Waals surface area (Å²) in [5.74, 6) is 5.99. The van der Waals surface area contributed by atoms with Crippen molar-refractivity contribution >= 4 is 5.91 Å². The second-order valence-electron chi connectivity index (χ2n) is 4.80. The molecule has 0 heterocycles. The Morgan fingerprint density at radius 3 is 2.57 bits per heavy atom. The van der Waals surface area contributed by atoms with Gasteiger partial charge in [0.05, 0.1) is 12.1 Å². The van der Waals surface area contributed by atoms with Crippen LogP contribution in [0.4, 0.5) is 0 Å². The van der Waals surface area contributed by atoms with Crippen molar-refractivity contribution in [3.63, 3.8) is 0 Å². The molecule has 0 aliphatic carbocycles. The van der Waals surface area contributed by atoms with E-state index < -0.39 is 6.04 Å². The molecule has 0 radical (unpaired) electrons. The van der Waals surface area contributed by atoms with Crippen LogP contribution in [0.5, 0.6) is 5.75 Å². The van der Waals surface area contributed by atoms with E-state index in [1.807, 2.05) is 38.1 Å². The summed E-state index contributed by atoms with van der Waals surface area (Å²) in [5, 5.41) is 0. The molecule has 1 unspecified atom stereocenters. The number of rotatable bonds is 7. The lowest BCUT2D eigenvalue weighted by Gasteiger charge is -2.14. The average molecular weight is 290 g/mol. The quantitative estimate of drug-likeness (QED) is 0.588. The highest BCUT2D eigenvalue weighted by molar-refractivity contribution is 5.80. The molecule has 0 aliphatic heterocycles. The minimum atomic E-state index is -0.651. The van der Waals surface area contributed by atoms with Crippen molar-refractivity contribution in [2.24, 2.45) is 5.73 Å². The van der Waals surface area contributed by atoms with E-state index in [9.17, 15) is 4.79 Å². The molecule has 0 saturated carbocycles. The first-order chi connectivity index (χ1) is 10.0. The molecule has 5 heteroatoms. The zero-order chi connectivity index (χ0) is 15.7. The van der Waals surface area contributed by atoms with Gasteiger partial charge in [0.15, 0.2) is 0 Å². The molecule has 0 aliphatic rings. The Morgan fingerprint density at radius 1 is 1.33 bits per heavy atom.